The lowest BCUT2D eigenvalue weighted by atomic mass is 9.99. The Morgan fingerprint density at radius 3 is 1.86 bits per heavy atom. The molecular weight excluding hydrogens is 436 g/mol. The summed E-state index contributed by atoms with van der Waals surface area (Å²) >= 11 is 0. The van der Waals surface area contributed by atoms with Crippen molar-refractivity contribution >= 4 is 33.5 Å². The van der Waals surface area contributed by atoms with E-state index >= 15 is 0 Å². The summed E-state index contributed by atoms with van der Waals surface area (Å²) in [5, 5.41) is 13.5. The van der Waals surface area contributed by atoms with Crippen LogP contribution in [0.5, 0.6) is 0 Å². The fourth-order valence-corrected chi connectivity index (χ4v) is 4.74. The van der Waals surface area contributed by atoms with Gasteiger partial charge in [0.1, 0.15) is 0 Å². The summed E-state index contributed by atoms with van der Waals surface area (Å²) in [7, 11) is 0. The first-order chi connectivity index (χ1) is 17.1. The standard InChI is InChI=1S/C31H40O4/c1-2-3-4-5-6-7-8-9-10-11-12-13-21-29(30(32)33)35-31(34)27-20-16-19-26-22-24-17-14-15-18-25(24)23-28(26)27/h14-20,22-23,29H,2-13,21H2,1H3,(H,32,33). The molecule has 0 amide bonds. The van der Waals surface area contributed by atoms with Gasteiger partial charge in [-0.05, 0) is 52.6 Å². The van der Waals surface area contributed by atoms with Crippen LogP contribution >= 0.6 is 0 Å². The average molecular weight is 477 g/mol. The van der Waals surface area contributed by atoms with Gasteiger partial charge in [0.2, 0.25) is 0 Å². The summed E-state index contributed by atoms with van der Waals surface area (Å²) in [5.41, 5.74) is 0.411. The number of unbranched alkanes of at least 4 members (excludes halogenated alkanes) is 11. The largest absolute Gasteiger partial charge is 0.479 e. The van der Waals surface area contributed by atoms with E-state index in [1.165, 1.54) is 57.8 Å². The second kappa shape index (κ2) is 14.5. The molecule has 4 nitrogen and oxygen atoms in total. The van der Waals surface area contributed by atoms with Gasteiger partial charge >= 0.3 is 11.9 Å². The highest BCUT2D eigenvalue weighted by Gasteiger charge is 2.23. The zero-order chi connectivity index (χ0) is 24.9. The second-order valence-electron chi connectivity index (χ2n) is 9.64. The molecule has 0 bridgehead atoms. The highest BCUT2D eigenvalue weighted by molar-refractivity contribution is 6.09. The van der Waals surface area contributed by atoms with Crippen molar-refractivity contribution in [1.82, 2.24) is 0 Å². The number of aliphatic carboxylic acids is 1. The first-order valence-electron chi connectivity index (χ1n) is 13.5. The Bertz CT molecular complexity index is 1090. The van der Waals surface area contributed by atoms with Crippen molar-refractivity contribution in [3.8, 4) is 0 Å². The number of benzene rings is 3. The van der Waals surface area contributed by atoms with Crippen molar-refractivity contribution in [1.29, 1.82) is 0 Å². The molecule has 0 aliphatic carbocycles. The van der Waals surface area contributed by atoms with Crippen LogP contribution in [0, 0.1) is 0 Å². The molecule has 0 radical (unpaired) electrons. The maximum atomic E-state index is 12.9. The third-order valence-corrected chi connectivity index (χ3v) is 6.81. The first-order valence-corrected chi connectivity index (χ1v) is 13.5. The minimum absolute atomic E-state index is 0.353. The number of fused-ring (bicyclic) bond motifs is 2. The Morgan fingerprint density at radius 1 is 0.714 bits per heavy atom. The van der Waals surface area contributed by atoms with Crippen molar-refractivity contribution in [2.24, 2.45) is 0 Å². The van der Waals surface area contributed by atoms with Crippen LogP contribution < -0.4 is 0 Å². The molecule has 0 spiro atoms. The lowest BCUT2D eigenvalue weighted by molar-refractivity contribution is -0.147. The summed E-state index contributed by atoms with van der Waals surface area (Å²) in [6.07, 6.45) is 13.8. The minimum Gasteiger partial charge on any atom is -0.479 e. The van der Waals surface area contributed by atoms with E-state index < -0.39 is 18.0 Å². The molecule has 0 saturated heterocycles. The van der Waals surface area contributed by atoms with Crippen molar-refractivity contribution in [3.63, 3.8) is 0 Å². The van der Waals surface area contributed by atoms with Crippen molar-refractivity contribution in [3.05, 3.63) is 60.2 Å². The molecule has 35 heavy (non-hydrogen) atoms. The Labute approximate surface area is 209 Å². The molecule has 0 heterocycles. The number of rotatable bonds is 16. The third kappa shape index (κ3) is 8.38. The maximum Gasteiger partial charge on any atom is 0.345 e. The molecule has 1 atom stereocenters. The molecule has 4 heteroatoms. The fraction of sp³-hybridized carbons (Fsp3) is 0.484. The average Bonchev–Trinajstić information content (AvgIpc) is 2.86. The van der Waals surface area contributed by atoms with Crippen molar-refractivity contribution in [2.45, 2.75) is 96.5 Å². The van der Waals surface area contributed by atoms with Crippen molar-refractivity contribution in [2.75, 3.05) is 0 Å². The van der Waals surface area contributed by atoms with Gasteiger partial charge in [-0.2, -0.15) is 0 Å². The lowest BCUT2D eigenvalue weighted by Crippen LogP contribution is -2.27. The van der Waals surface area contributed by atoms with Crippen LogP contribution in [0.2, 0.25) is 0 Å². The molecule has 0 fully saturated rings. The number of hydrogen-bond acceptors (Lipinski definition) is 3. The smallest absolute Gasteiger partial charge is 0.345 e. The molecule has 0 aliphatic heterocycles. The molecule has 1 N–H and O–H groups in total. The number of carboxylic acids is 1. The zero-order valence-electron chi connectivity index (χ0n) is 21.1. The van der Waals surface area contributed by atoms with Gasteiger partial charge in [0.05, 0.1) is 5.56 Å². The molecule has 0 saturated carbocycles. The molecule has 3 rings (SSSR count). The lowest BCUT2D eigenvalue weighted by Gasteiger charge is -2.15. The summed E-state index contributed by atoms with van der Waals surface area (Å²) < 4.78 is 5.48. The molecule has 1 unspecified atom stereocenters. The number of ether oxygens (including phenoxy) is 1. The number of esters is 1. The highest BCUT2D eigenvalue weighted by Crippen LogP contribution is 2.26. The van der Waals surface area contributed by atoms with Crippen LogP contribution in [0.1, 0.15) is 101 Å². The predicted molar refractivity (Wildman–Crippen MR) is 144 cm³/mol. The van der Waals surface area contributed by atoms with E-state index in [1.807, 2.05) is 48.5 Å². The molecule has 0 aliphatic rings. The van der Waals surface area contributed by atoms with E-state index in [0.717, 1.165) is 40.8 Å². The van der Waals surface area contributed by atoms with Gasteiger partial charge in [-0.3, -0.25) is 0 Å². The predicted octanol–water partition coefficient (Wildman–Crippen LogP) is 8.69. The van der Waals surface area contributed by atoms with Crippen LogP contribution in [-0.4, -0.2) is 23.1 Å². The molecule has 3 aromatic carbocycles. The normalized spacial score (nSPS) is 12.1. The van der Waals surface area contributed by atoms with Gasteiger partial charge in [-0.1, -0.05) is 114 Å². The topological polar surface area (TPSA) is 63.6 Å². The van der Waals surface area contributed by atoms with E-state index in [9.17, 15) is 14.7 Å². The number of carbonyl (C=O) groups is 2. The quantitative estimate of drug-likeness (QED) is 0.128. The van der Waals surface area contributed by atoms with Crippen LogP contribution in [0.25, 0.3) is 21.5 Å². The van der Waals surface area contributed by atoms with E-state index in [-0.39, 0.29) is 0 Å². The Balaban J connectivity index is 1.44. The molecule has 3 aromatic rings. The summed E-state index contributed by atoms with van der Waals surface area (Å²) in [6, 6.07) is 17.5. The summed E-state index contributed by atoms with van der Waals surface area (Å²) in [4.78, 5) is 24.7. The Hall–Kier alpha value is -2.88. The van der Waals surface area contributed by atoms with E-state index in [2.05, 4.69) is 6.92 Å². The van der Waals surface area contributed by atoms with Crippen LogP contribution in [0.4, 0.5) is 0 Å². The maximum absolute atomic E-state index is 12.9. The van der Waals surface area contributed by atoms with Gasteiger partial charge in [-0.25, -0.2) is 9.59 Å². The monoisotopic (exact) mass is 476 g/mol. The van der Waals surface area contributed by atoms with Gasteiger partial charge in [0, 0.05) is 0 Å². The van der Waals surface area contributed by atoms with Gasteiger partial charge < -0.3 is 9.84 Å². The summed E-state index contributed by atoms with van der Waals surface area (Å²) in [6.45, 7) is 2.25. The third-order valence-electron chi connectivity index (χ3n) is 6.81. The summed E-state index contributed by atoms with van der Waals surface area (Å²) in [5.74, 6) is -1.65. The fourth-order valence-electron chi connectivity index (χ4n) is 4.74. The van der Waals surface area contributed by atoms with Gasteiger partial charge in [0.25, 0.3) is 0 Å². The van der Waals surface area contributed by atoms with E-state index in [4.69, 9.17) is 4.74 Å². The minimum atomic E-state index is -1.11. The highest BCUT2D eigenvalue weighted by atomic mass is 16.6. The van der Waals surface area contributed by atoms with Gasteiger partial charge in [0.15, 0.2) is 6.10 Å². The van der Waals surface area contributed by atoms with Crippen LogP contribution in [0.3, 0.4) is 0 Å². The Morgan fingerprint density at radius 2 is 1.26 bits per heavy atom. The van der Waals surface area contributed by atoms with Crippen molar-refractivity contribution < 1.29 is 19.4 Å². The molecule has 188 valence electrons. The molecular formula is C31H40O4. The van der Waals surface area contributed by atoms with Crippen LogP contribution in [0.15, 0.2) is 54.6 Å². The molecule has 0 aromatic heterocycles. The SMILES string of the molecule is CCCCCCCCCCCCCCC(OC(=O)c1cccc2cc3ccccc3cc12)C(=O)O. The van der Waals surface area contributed by atoms with Gasteiger partial charge in [-0.15, -0.1) is 0 Å². The Kier molecular flexibility index (Phi) is 11.1. The number of hydrogen-bond donors (Lipinski definition) is 1. The van der Waals surface area contributed by atoms with E-state index in [0.29, 0.717) is 12.0 Å². The second-order valence-corrected chi connectivity index (χ2v) is 9.64. The van der Waals surface area contributed by atoms with Crippen LogP contribution in [-0.2, 0) is 9.53 Å². The first kappa shape index (κ1) is 26.7. The zero-order valence-corrected chi connectivity index (χ0v) is 21.1. The number of carboxylic acid groups (broad SMARTS) is 1. The number of carbonyl (C=O) groups excluding carboxylic acids is 1. The van der Waals surface area contributed by atoms with E-state index in [1.54, 1.807) is 6.07 Å².